The molecule has 110 valence electrons. The van der Waals surface area contributed by atoms with E-state index in [0.717, 1.165) is 10.0 Å². The molecule has 2 N–H and O–H groups in total. The minimum atomic E-state index is -0.489. The Labute approximate surface area is 136 Å². The molecule has 0 heterocycles. The Kier molecular flexibility index (Phi) is 4.92. The van der Waals surface area contributed by atoms with Crippen LogP contribution in [0.5, 0.6) is 0 Å². The molecule has 2 rings (SSSR count). The zero-order chi connectivity index (χ0) is 16.1. The number of halogens is 1. The summed E-state index contributed by atoms with van der Waals surface area (Å²) >= 11 is 3.35. The van der Waals surface area contributed by atoms with Crippen molar-refractivity contribution >= 4 is 27.7 Å². The Morgan fingerprint density at radius 2 is 1.68 bits per heavy atom. The summed E-state index contributed by atoms with van der Waals surface area (Å²) in [4.78, 5) is 23.9. The molecule has 22 heavy (non-hydrogen) atoms. The second-order valence-electron chi connectivity index (χ2n) is 4.56. The lowest BCUT2D eigenvalue weighted by molar-refractivity contribution is 0.0846. The second kappa shape index (κ2) is 6.87. The largest absolute Gasteiger partial charge is 0.269 e. The molecule has 0 saturated heterocycles. The molecule has 0 unspecified atom stereocenters. The first kappa shape index (κ1) is 15.7. The van der Waals surface area contributed by atoms with Gasteiger partial charge in [-0.25, -0.2) is 0 Å². The number of hydrogen-bond acceptors (Lipinski definition) is 3. The van der Waals surface area contributed by atoms with Crippen LogP contribution in [0.15, 0.2) is 46.9 Å². The molecular formula is C16H12BrN3O2. The monoisotopic (exact) mass is 357 g/mol. The smallest absolute Gasteiger partial charge is 0.267 e. The first-order chi connectivity index (χ1) is 10.5. The van der Waals surface area contributed by atoms with E-state index in [1.807, 2.05) is 13.0 Å². The van der Waals surface area contributed by atoms with E-state index >= 15 is 0 Å². The van der Waals surface area contributed by atoms with E-state index in [1.54, 1.807) is 36.4 Å². The third-order valence-corrected chi connectivity index (χ3v) is 3.83. The molecule has 0 aliphatic heterocycles. The van der Waals surface area contributed by atoms with Crippen LogP contribution in [0.1, 0.15) is 31.8 Å². The predicted octanol–water partition coefficient (Wildman–Crippen LogP) is 2.70. The van der Waals surface area contributed by atoms with Crippen molar-refractivity contribution in [2.75, 3.05) is 0 Å². The number of hydrazine groups is 1. The molecule has 2 amide bonds. The molecule has 0 radical (unpaired) electrons. The van der Waals surface area contributed by atoms with Crippen molar-refractivity contribution in [1.29, 1.82) is 5.26 Å². The average molecular weight is 358 g/mol. The number of carbonyl (C=O) groups is 2. The number of hydrogen-bond donors (Lipinski definition) is 2. The first-order valence-corrected chi connectivity index (χ1v) is 7.17. The minimum Gasteiger partial charge on any atom is -0.267 e. The SMILES string of the molecule is Cc1ccc(C(=O)NNC(=O)c2cccc(C#N)c2)cc1Br. The molecule has 2 aromatic carbocycles. The summed E-state index contributed by atoms with van der Waals surface area (Å²) in [6.45, 7) is 1.91. The lowest BCUT2D eigenvalue weighted by Gasteiger charge is -2.08. The third kappa shape index (κ3) is 3.71. The first-order valence-electron chi connectivity index (χ1n) is 6.38. The van der Waals surface area contributed by atoms with Gasteiger partial charge in [-0.1, -0.05) is 28.1 Å². The maximum Gasteiger partial charge on any atom is 0.269 e. The van der Waals surface area contributed by atoms with Gasteiger partial charge in [0.05, 0.1) is 11.6 Å². The van der Waals surface area contributed by atoms with E-state index < -0.39 is 11.8 Å². The van der Waals surface area contributed by atoms with E-state index in [0.29, 0.717) is 16.7 Å². The Hall–Kier alpha value is -2.65. The van der Waals surface area contributed by atoms with Gasteiger partial charge in [-0.05, 0) is 42.8 Å². The molecule has 0 spiro atoms. The van der Waals surface area contributed by atoms with E-state index in [4.69, 9.17) is 5.26 Å². The molecular weight excluding hydrogens is 346 g/mol. The van der Waals surface area contributed by atoms with Gasteiger partial charge in [0.1, 0.15) is 0 Å². The van der Waals surface area contributed by atoms with E-state index in [9.17, 15) is 9.59 Å². The number of aryl methyl sites for hydroxylation is 1. The average Bonchev–Trinajstić information content (AvgIpc) is 2.54. The van der Waals surface area contributed by atoms with Crippen molar-refractivity contribution in [2.24, 2.45) is 0 Å². The lowest BCUT2D eigenvalue weighted by atomic mass is 10.1. The molecule has 0 aliphatic carbocycles. The highest BCUT2D eigenvalue weighted by atomic mass is 79.9. The highest BCUT2D eigenvalue weighted by molar-refractivity contribution is 9.10. The fourth-order valence-corrected chi connectivity index (χ4v) is 2.10. The normalized spacial score (nSPS) is 9.68. The van der Waals surface area contributed by atoms with Gasteiger partial charge in [0.15, 0.2) is 0 Å². The summed E-state index contributed by atoms with van der Waals surface area (Å²) in [5.41, 5.74) is 6.76. The van der Waals surface area contributed by atoms with Gasteiger partial charge in [-0.15, -0.1) is 0 Å². The maximum atomic E-state index is 12.0. The zero-order valence-corrected chi connectivity index (χ0v) is 13.3. The third-order valence-electron chi connectivity index (χ3n) is 2.98. The maximum absolute atomic E-state index is 12.0. The standard InChI is InChI=1S/C16H12BrN3O2/c1-10-5-6-13(8-14(10)17)16(22)20-19-15(21)12-4-2-3-11(7-12)9-18/h2-8H,1H3,(H,19,21)(H,20,22). The number of carbonyl (C=O) groups excluding carboxylic acids is 2. The van der Waals surface area contributed by atoms with Crippen molar-refractivity contribution in [3.8, 4) is 6.07 Å². The van der Waals surface area contributed by atoms with Gasteiger partial charge in [0.25, 0.3) is 11.8 Å². The van der Waals surface area contributed by atoms with Crippen LogP contribution in [0, 0.1) is 18.3 Å². The molecule has 0 aliphatic rings. The summed E-state index contributed by atoms with van der Waals surface area (Å²) in [6.07, 6.45) is 0. The van der Waals surface area contributed by atoms with Crippen molar-refractivity contribution in [3.63, 3.8) is 0 Å². The van der Waals surface area contributed by atoms with Crippen LogP contribution >= 0.6 is 15.9 Å². The number of nitrogens with one attached hydrogen (secondary N) is 2. The molecule has 0 aromatic heterocycles. The Bertz CT molecular complexity index is 781. The van der Waals surface area contributed by atoms with Crippen LogP contribution in [0.25, 0.3) is 0 Å². The van der Waals surface area contributed by atoms with Crippen molar-refractivity contribution in [3.05, 3.63) is 69.2 Å². The number of rotatable bonds is 2. The highest BCUT2D eigenvalue weighted by Crippen LogP contribution is 2.17. The molecule has 0 fully saturated rings. The van der Waals surface area contributed by atoms with Crippen LogP contribution in [-0.4, -0.2) is 11.8 Å². The number of amides is 2. The van der Waals surface area contributed by atoms with E-state index in [2.05, 4.69) is 26.8 Å². The topological polar surface area (TPSA) is 82.0 Å². The molecule has 2 aromatic rings. The Morgan fingerprint density at radius 3 is 2.27 bits per heavy atom. The fraction of sp³-hybridized carbons (Fsp3) is 0.0625. The lowest BCUT2D eigenvalue weighted by Crippen LogP contribution is -2.41. The van der Waals surface area contributed by atoms with Crippen LogP contribution in [-0.2, 0) is 0 Å². The summed E-state index contributed by atoms with van der Waals surface area (Å²) in [6, 6.07) is 13.3. The quantitative estimate of drug-likeness (QED) is 0.810. The van der Waals surface area contributed by atoms with Crippen molar-refractivity contribution < 1.29 is 9.59 Å². The number of benzene rings is 2. The second-order valence-corrected chi connectivity index (χ2v) is 5.42. The van der Waals surface area contributed by atoms with Gasteiger partial charge < -0.3 is 0 Å². The summed E-state index contributed by atoms with van der Waals surface area (Å²) in [5, 5.41) is 8.80. The molecule has 6 heteroatoms. The predicted molar refractivity (Wildman–Crippen MR) is 85.0 cm³/mol. The van der Waals surface area contributed by atoms with Crippen molar-refractivity contribution in [2.45, 2.75) is 6.92 Å². The van der Waals surface area contributed by atoms with Crippen LogP contribution in [0.3, 0.4) is 0 Å². The Balaban J connectivity index is 2.02. The van der Waals surface area contributed by atoms with Gasteiger partial charge in [-0.3, -0.25) is 20.4 Å². The van der Waals surface area contributed by atoms with Gasteiger partial charge in [0, 0.05) is 15.6 Å². The van der Waals surface area contributed by atoms with Crippen LogP contribution in [0.2, 0.25) is 0 Å². The summed E-state index contributed by atoms with van der Waals surface area (Å²) in [5.74, 6) is -0.915. The zero-order valence-electron chi connectivity index (χ0n) is 11.7. The molecule has 5 nitrogen and oxygen atoms in total. The van der Waals surface area contributed by atoms with E-state index in [-0.39, 0.29) is 0 Å². The van der Waals surface area contributed by atoms with Gasteiger partial charge in [0.2, 0.25) is 0 Å². The Morgan fingerprint density at radius 1 is 1.05 bits per heavy atom. The van der Waals surface area contributed by atoms with Gasteiger partial charge in [-0.2, -0.15) is 5.26 Å². The molecule has 0 saturated carbocycles. The van der Waals surface area contributed by atoms with Crippen LogP contribution in [0.4, 0.5) is 0 Å². The molecule has 0 atom stereocenters. The number of nitriles is 1. The highest BCUT2D eigenvalue weighted by Gasteiger charge is 2.10. The van der Waals surface area contributed by atoms with E-state index in [1.165, 1.54) is 6.07 Å². The van der Waals surface area contributed by atoms with Crippen LogP contribution < -0.4 is 10.9 Å². The number of nitrogens with zero attached hydrogens (tertiary/aromatic N) is 1. The van der Waals surface area contributed by atoms with Crippen molar-refractivity contribution in [1.82, 2.24) is 10.9 Å². The minimum absolute atomic E-state index is 0.296. The summed E-state index contributed by atoms with van der Waals surface area (Å²) < 4.78 is 0.813. The molecule has 0 bridgehead atoms. The summed E-state index contributed by atoms with van der Waals surface area (Å²) in [7, 11) is 0. The fourth-order valence-electron chi connectivity index (χ4n) is 1.72. The van der Waals surface area contributed by atoms with Gasteiger partial charge >= 0.3 is 0 Å².